The number of benzene rings is 1. The number of hydrogen-bond donors (Lipinski definition) is 0. The maximum absolute atomic E-state index is 12.8. The van der Waals surface area contributed by atoms with Gasteiger partial charge in [0.05, 0.1) is 32.3 Å². The number of amides is 1. The van der Waals surface area contributed by atoms with E-state index in [0.29, 0.717) is 26.2 Å². The van der Waals surface area contributed by atoms with Crippen molar-refractivity contribution in [2.24, 2.45) is 0 Å². The van der Waals surface area contributed by atoms with E-state index in [1.54, 1.807) is 7.11 Å². The van der Waals surface area contributed by atoms with Crippen LogP contribution < -0.4 is 4.74 Å². The van der Waals surface area contributed by atoms with E-state index in [9.17, 15) is 4.79 Å². The fourth-order valence-corrected chi connectivity index (χ4v) is 3.68. The number of ether oxygens (including phenoxy) is 3. The van der Waals surface area contributed by atoms with Crippen LogP contribution in [0.15, 0.2) is 24.3 Å². The highest BCUT2D eigenvalue weighted by Gasteiger charge is 2.44. The minimum atomic E-state index is 0.0259. The van der Waals surface area contributed by atoms with Crippen molar-refractivity contribution in [2.75, 3.05) is 26.9 Å². The maximum atomic E-state index is 12.8. The Labute approximate surface area is 137 Å². The third-order valence-corrected chi connectivity index (χ3v) is 4.73. The summed E-state index contributed by atoms with van der Waals surface area (Å²) in [5.74, 6) is 0.945. The molecule has 3 atom stereocenters. The monoisotopic (exact) mass is 319 g/mol. The van der Waals surface area contributed by atoms with Gasteiger partial charge in [0.1, 0.15) is 11.9 Å². The smallest absolute Gasteiger partial charge is 0.227 e. The minimum Gasteiger partial charge on any atom is -0.497 e. The highest BCUT2D eigenvalue weighted by molar-refractivity contribution is 5.79. The molecule has 126 valence electrons. The second-order valence-electron chi connectivity index (χ2n) is 6.09. The van der Waals surface area contributed by atoms with Crippen LogP contribution in [0.4, 0.5) is 0 Å². The summed E-state index contributed by atoms with van der Waals surface area (Å²) in [5.41, 5.74) is 0.983. The zero-order chi connectivity index (χ0) is 16.2. The number of carbonyl (C=O) groups is 1. The molecule has 0 spiro atoms. The molecule has 0 N–H and O–H groups in total. The van der Waals surface area contributed by atoms with Crippen LogP contribution in [-0.4, -0.2) is 55.9 Å². The average Bonchev–Trinajstić information content (AvgIpc) is 2.98. The minimum absolute atomic E-state index is 0.0259. The van der Waals surface area contributed by atoms with Gasteiger partial charge in [-0.2, -0.15) is 0 Å². The predicted molar refractivity (Wildman–Crippen MR) is 86.6 cm³/mol. The molecule has 0 aromatic heterocycles. The first-order valence-corrected chi connectivity index (χ1v) is 8.38. The van der Waals surface area contributed by atoms with Gasteiger partial charge in [-0.05, 0) is 37.5 Å². The van der Waals surface area contributed by atoms with E-state index in [-0.39, 0.29) is 24.2 Å². The number of morpholine rings is 1. The summed E-state index contributed by atoms with van der Waals surface area (Å²) in [5, 5.41) is 0. The molecular weight excluding hydrogens is 294 g/mol. The third-order valence-electron chi connectivity index (χ3n) is 4.73. The Balaban J connectivity index is 1.67. The summed E-state index contributed by atoms with van der Waals surface area (Å²) in [6.45, 7) is 3.95. The maximum Gasteiger partial charge on any atom is 0.227 e. The third kappa shape index (κ3) is 3.51. The molecule has 1 aliphatic heterocycles. The quantitative estimate of drug-likeness (QED) is 0.833. The van der Waals surface area contributed by atoms with E-state index in [4.69, 9.17) is 14.2 Å². The van der Waals surface area contributed by atoms with Crippen LogP contribution in [-0.2, 0) is 20.7 Å². The zero-order valence-corrected chi connectivity index (χ0v) is 13.9. The van der Waals surface area contributed by atoms with Gasteiger partial charge in [-0.25, -0.2) is 0 Å². The molecule has 0 radical (unpaired) electrons. The first kappa shape index (κ1) is 16.3. The first-order chi connectivity index (χ1) is 11.2. The van der Waals surface area contributed by atoms with Gasteiger partial charge >= 0.3 is 0 Å². The number of hydrogen-bond acceptors (Lipinski definition) is 4. The Morgan fingerprint density at radius 3 is 3.04 bits per heavy atom. The topological polar surface area (TPSA) is 48.0 Å². The molecule has 1 saturated carbocycles. The second kappa shape index (κ2) is 7.32. The summed E-state index contributed by atoms with van der Waals surface area (Å²) in [7, 11) is 1.64. The largest absolute Gasteiger partial charge is 0.497 e. The van der Waals surface area contributed by atoms with Crippen molar-refractivity contribution in [1.82, 2.24) is 4.90 Å². The summed E-state index contributed by atoms with van der Waals surface area (Å²) in [6.07, 6.45) is 2.47. The normalized spacial score (nSPS) is 26.9. The Kier molecular flexibility index (Phi) is 5.18. The van der Waals surface area contributed by atoms with E-state index in [1.165, 1.54) is 0 Å². The summed E-state index contributed by atoms with van der Waals surface area (Å²) < 4.78 is 16.9. The van der Waals surface area contributed by atoms with E-state index in [1.807, 2.05) is 36.1 Å². The standard InChI is InChI=1S/C18H25NO4/c1-3-22-16-8-7-15-18(16)23-10-9-19(15)17(20)12-13-5-4-6-14(11-13)21-2/h4-6,11,15-16,18H,3,7-10,12H2,1-2H3/t15-,16+,18+/m0/s1. The molecule has 23 heavy (non-hydrogen) atoms. The fourth-order valence-electron chi connectivity index (χ4n) is 3.68. The van der Waals surface area contributed by atoms with E-state index in [2.05, 4.69) is 0 Å². The van der Waals surface area contributed by atoms with Crippen molar-refractivity contribution in [3.63, 3.8) is 0 Å². The molecule has 1 saturated heterocycles. The Bertz CT molecular complexity index is 548. The average molecular weight is 319 g/mol. The van der Waals surface area contributed by atoms with Gasteiger partial charge in [-0.15, -0.1) is 0 Å². The van der Waals surface area contributed by atoms with E-state index < -0.39 is 0 Å². The van der Waals surface area contributed by atoms with Gasteiger partial charge < -0.3 is 19.1 Å². The Morgan fingerprint density at radius 2 is 2.26 bits per heavy atom. The van der Waals surface area contributed by atoms with Crippen LogP contribution in [0.1, 0.15) is 25.3 Å². The zero-order valence-electron chi connectivity index (χ0n) is 13.9. The molecule has 3 rings (SSSR count). The molecule has 1 aromatic rings. The molecule has 1 aromatic carbocycles. The lowest BCUT2D eigenvalue weighted by molar-refractivity contribution is -0.150. The number of carbonyl (C=O) groups excluding carboxylic acids is 1. The van der Waals surface area contributed by atoms with Crippen molar-refractivity contribution < 1.29 is 19.0 Å². The van der Waals surface area contributed by atoms with Crippen molar-refractivity contribution >= 4 is 5.91 Å². The molecule has 1 aliphatic carbocycles. The number of methoxy groups -OCH3 is 1. The molecule has 1 amide bonds. The summed E-state index contributed by atoms with van der Waals surface area (Å²) in [6, 6.07) is 7.86. The van der Waals surface area contributed by atoms with Gasteiger partial charge in [0.25, 0.3) is 0 Å². The molecule has 0 unspecified atom stereocenters. The van der Waals surface area contributed by atoms with Gasteiger partial charge in [0, 0.05) is 13.2 Å². The van der Waals surface area contributed by atoms with Gasteiger partial charge in [-0.1, -0.05) is 12.1 Å². The predicted octanol–water partition coefficient (Wildman–Crippen LogP) is 2.03. The number of fused-ring (bicyclic) bond motifs is 1. The lowest BCUT2D eigenvalue weighted by Crippen LogP contribution is -2.54. The van der Waals surface area contributed by atoms with Crippen molar-refractivity contribution in [3.05, 3.63) is 29.8 Å². The first-order valence-electron chi connectivity index (χ1n) is 8.38. The highest BCUT2D eigenvalue weighted by Crippen LogP contribution is 2.32. The lowest BCUT2D eigenvalue weighted by Gasteiger charge is -2.39. The van der Waals surface area contributed by atoms with Gasteiger partial charge in [0.15, 0.2) is 0 Å². The van der Waals surface area contributed by atoms with Crippen LogP contribution in [0, 0.1) is 0 Å². The van der Waals surface area contributed by atoms with Gasteiger partial charge in [-0.3, -0.25) is 4.79 Å². The molecule has 2 aliphatic rings. The van der Waals surface area contributed by atoms with Crippen molar-refractivity contribution in [3.8, 4) is 5.75 Å². The lowest BCUT2D eigenvalue weighted by atomic mass is 10.1. The second-order valence-corrected chi connectivity index (χ2v) is 6.09. The summed E-state index contributed by atoms with van der Waals surface area (Å²) in [4.78, 5) is 14.8. The van der Waals surface area contributed by atoms with Crippen molar-refractivity contribution in [2.45, 2.75) is 44.4 Å². The highest BCUT2D eigenvalue weighted by atomic mass is 16.5. The van der Waals surface area contributed by atoms with Crippen LogP contribution in [0.2, 0.25) is 0 Å². The molecular formula is C18H25NO4. The SMILES string of the molecule is CCO[C@@H]1CC[C@H]2[C@H]1OCCN2C(=O)Cc1cccc(OC)c1. The van der Waals surface area contributed by atoms with E-state index >= 15 is 0 Å². The van der Waals surface area contributed by atoms with Crippen LogP contribution in [0.5, 0.6) is 5.75 Å². The molecule has 5 nitrogen and oxygen atoms in total. The van der Waals surface area contributed by atoms with Gasteiger partial charge in [0.2, 0.25) is 5.91 Å². The molecule has 1 heterocycles. The van der Waals surface area contributed by atoms with Crippen LogP contribution >= 0.6 is 0 Å². The van der Waals surface area contributed by atoms with Crippen LogP contribution in [0.25, 0.3) is 0 Å². The Morgan fingerprint density at radius 1 is 1.39 bits per heavy atom. The Hall–Kier alpha value is -1.59. The number of nitrogens with zero attached hydrogens (tertiary/aromatic N) is 1. The fraction of sp³-hybridized carbons (Fsp3) is 0.611. The molecule has 0 bridgehead atoms. The van der Waals surface area contributed by atoms with Crippen LogP contribution in [0.3, 0.4) is 0 Å². The summed E-state index contributed by atoms with van der Waals surface area (Å²) >= 11 is 0. The molecule has 2 fully saturated rings. The molecule has 5 heteroatoms. The van der Waals surface area contributed by atoms with Crippen molar-refractivity contribution in [1.29, 1.82) is 0 Å². The number of rotatable bonds is 5. The van der Waals surface area contributed by atoms with E-state index in [0.717, 1.165) is 24.2 Å².